The molecule has 1 aromatic carbocycles. The summed E-state index contributed by atoms with van der Waals surface area (Å²) < 4.78 is 14.8. The van der Waals surface area contributed by atoms with Crippen molar-refractivity contribution in [3.05, 3.63) is 107 Å². The van der Waals surface area contributed by atoms with E-state index in [2.05, 4.69) is 62.5 Å². The molecule has 0 atom stereocenters. The van der Waals surface area contributed by atoms with Gasteiger partial charge in [0.25, 0.3) is 0 Å². The number of hydrogen-bond acceptors (Lipinski definition) is 3. The highest BCUT2D eigenvalue weighted by Crippen LogP contribution is 2.32. The summed E-state index contributed by atoms with van der Waals surface area (Å²) in [6.45, 7) is 17.6. The minimum Gasteiger partial charge on any atom is -0.352 e. The number of rotatable bonds is 10. The first-order valence-electron chi connectivity index (χ1n) is 14.8. The predicted molar refractivity (Wildman–Crippen MR) is 174 cm³/mol. The van der Waals surface area contributed by atoms with E-state index in [-0.39, 0.29) is 5.82 Å². The molecule has 5 rings (SSSR count). The van der Waals surface area contributed by atoms with Gasteiger partial charge in [0.2, 0.25) is 0 Å². The molecule has 42 heavy (non-hydrogen) atoms. The first kappa shape index (κ1) is 29.2. The second-order valence-corrected chi connectivity index (χ2v) is 11.0. The summed E-state index contributed by atoms with van der Waals surface area (Å²) in [5.41, 5.74) is 8.21. The number of nitrogens with one attached hydrogen (secondary N) is 2. The van der Waals surface area contributed by atoms with E-state index in [0.717, 1.165) is 85.7 Å². The summed E-state index contributed by atoms with van der Waals surface area (Å²) in [6.07, 6.45) is 18.1. The van der Waals surface area contributed by atoms with E-state index in [1.807, 2.05) is 45.2 Å². The summed E-state index contributed by atoms with van der Waals surface area (Å²) in [5, 5.41) is 10.7. The standard InChI is InChI=1S/C36H40FN5/c1-6-24(4)16-27(7-2)25(5)17-31-33(8-3)40-41-36(31)34-21-30-32(22-38-23-35(30)39-34)28-18-26(19-29(37)20-28)12-11-15-42-13-9-10-14-42/h6-8,16-23,39-40H,1,5,9-15H2,2-4H3/b24-16-,27-7+,31-17+,33-8+. The van der Waals surface area contributed by atoms with Crippen LogP contribution in [0.3, 0.4) is 0 Å². The van der Waals surface area contributed by atoms with Gasteiger partial charge >= 0.3 is 0 Å². The van der Waals surface area contributed by atoms with Gasteiger partial charge in [0, 0.05) is 22.4 Å². The highest BCUT2D eigenvalue weighted by molar-refractivity contribution is 5.97. The third kappa shape index (κ3) is 6.44. The first-order valence-corrected chi connectivity index (χ1v) is 14.8. The van der Waals surface area contributed by atoms with Gasteiger partial charge in [-0.2, -0.15) is 5.10 Å². The van der Waals surface area contributed by atoms with Gasteiger partial charge in [-0.1, -0.05) is 49.1 Å². The minimum absolute atomic E-state index is 0.220. The molecule has 1 saturated heterocycles. The lowest BCUT2D eigenvalue weighted by atomic mass is 9.99. The van der Waals surface area contributed by atoms with Crippen molar-refractivity contribution in [1.29, 1.82) is 0 Å². The third-order valence-electron chi connectivity index (χ3n) is 8.04. The van der Waals surface area contributed by atoms with Crippen LogP contribution in [-0.4, -0.2) is 44.7 Å². The van der Waals surface area contributed by atoms with Crippen LogP contribution in [0.15, 0.2) is 84.8 Å². The van der Waals surface area contributed by atoms with Gasteiger partial charge in [0.05, 0.1) is 22.8 Å². The van der Waals surface area contributed by atoms with E-state index in [1.54, 1.807) is 18.3 Å². The van der Waals surface area contributed by atoms with Gasteiger partial charge in [-0.3, -0.25) is 10.1 Å². The largest absolute Gasteiger partial charge is 0.352 e. The Bertz CT molecular complexity index is 1790. The van der Waals surface area contributed by atoms with Crippen molar-refractivity contribution < 1.29 is 4.39 Å². The maximum absolute atomic E-state index is 14.8. The SMILES string of the molecule is C=C/C(C)=C\C(=C/C)C(=C)/C=c1/c(-c2cc3c(-c4cc(F)cc(CCCN5CCCC5)c4)cncc3[nH]2)n[nH]/c1=C/C. The van der Waals surface area contributed by atoms with Crippen LogP contribution in [0, 0.1) is 5.82 Å². The van der Waals surface area contributed by atoms with Crippen LogP contribution in [0.4, 0.5) is 4.39 Å². The van der Waals surface area contributed by atoms with Gasteiger partial charge in [0.1, 0.15) is 11.5 Å². The number of nitrogens with zero attached hydrogens (tertiary/aromatic N) is 3. The molecule has 5 nitrogen and oxygen atoms in total. The van der Waals surface area contributed by atoms with Crippen LogP contribution in [-0.2, 0) is 6.42 Å². The average molecular weight is 562 g/mol. The number of likely N-dealkylation sites (tertiary alicyclic amines) is 1. The number of fused-ring (bicyclic) bond motifs is 1. The number of aryl methyl sites for hydroxylation is 1. The highest BCUT2D eigenvalue weighted by Gasteiger charge is 2.15. The van der Waals surface area contributed by atoms with Crippen molar-refractivity contribution in [2.45, 2.75) is 46.5 Å². The Labute approximate surface area is 247 Å². The maximum atomic E-state index is 14.8. The lowest BCUT2D eigenvalue weighted by Gasteiger charge is -2.14. The summed E-state index contributed by atoms with van der Waals surface area (Å²) >= 11 is 0. The number of H-pyrrole nitrogens is 2. The van der Waals surface area contributed by atoms with Crippen LogP contribution < -0.4 is 10.6 Å². The number of benzene rings is 1. The maximum Gasteiger partial charge on any atom is 0.124 e. The zero-order valence-corrected chi connectivity index (χ0v) is 24.9. The fourth-order valence-electron chi connectivity index (χ4n) is 5.73. The van der Waals surface area contributed by atoms with E-state index in [4.69, 9.17) is 0 Å². The quantitative estimate of drug-likeness (QED) is 0.205. The molecule has 0 radical (unpaired) electrons. The number of allylic oxidation sites excluding steroid dienone is 6. The highest BCUT2D eigenvalue weighted by atomic mass is 19.1. The molecule has 1 aliphatic heterocycles. The van der Waals surface area contributed by atoms with Crippen LogP contribution in [0.5, 0.6) is 0 Å². The molecule has 1 fully saturated rings. The molecule has 4 aromatic rings. The van der Waals surface area contributed by atoms with Crippen molar-refractivity contribution in [3.63, 3.8) is 0 Å². The zero-order chi connectivity index (χ0) is 29.6. The molecule has 0 bridgehead atoms. The Balaban J connectivity index is 1.51. The van der Waals surface area contributed by atoms with Crippen LogP contribution in [0.2, 0.25) is 0 Å². The summed E-state index contributed by atoms with van der Waals surface area (Å²) in [5.74, 6) is -0.220. The molecule has 0 amide bonds. The van der Waals surface area contributed by atoms with E-state index < -0.39 is 0 Å². The van der Waals surface area contributed by atoms with Crippen LogP contribution >= 0.6 is 0 Å². The van der Waals surface area contributed by atoms with Crippen molar-refractivity contribution >= 4 is 23.1 Å². The van der Waals surface area contributed by atoms with Gasteiger partial charge in [0.15, 0.2) is 0 Å². The van der Waals surface area contributed by atoms with Gasteiger partial charge in [-0.15, -0.1) is 0 Å². The number of pyridine rings is 1. The Morgan fingerprint density at radius 2 is 1.93 bits per heavy atom. The molecule has 0 unspecified atom stereocenters. The van der Waals surface area contributed by atoms with Crippen molar-refractivity contribution in [1.82, 2.24) is 25.1 Å². The minimum atomic E-state index is -0.220. The summed E-state index contributed by atoms with van der Waals surface area (Å²) in [4.78, 5) is 10.5. The molecule has 2 N–H and O–H groups in total. The fourth-order valence-corrected chi connectivity index (χ4v) is 5.73. The number of hydrogen-bond donors (Lipinski definition) is 2. The van der Waals surface area contributed by atoms with Gasteiger partial charge in [-0.25, -0.2) is 4.39 Å². The second kappa shape index (κ2) is 13.1. The average Bonchev–Trinajstić information content (AvgIpc) is 3.75. The summed E-state index contributed by atoms with van der Waals surface area (Å²) in [7, 11) is 0. The molecule has 1 aliphatic rings. The molecule has 4 heterocycles. The molecular formula is C36H40FN5. The van der Waals surface area contributed by atoms with Crippen molar-refractivity contribution in [3.8, 4) is 22.5 Å². The number of aromatic nitrogens is 4. The van der Waals surface area contributed by atoms with E-state index in [0.29, 0.717) is 0 Å². The molecule has 6 heteroatoms. The summed E-state index contributed by atoms with van der Waals surface area (Å²) in [6, 6.07) is 7.45. The molecule has 0 saturated carbocycles. The molecule has 216 valence electrons. The molecular weight excluding hydrogens is 521 g/mol. The second-order valence-electron chi connectivity index (χ2n) is 11.0. The molecule has 3 aromatic heterocycles. The lowest BCUT2D eigenvalue weighted by molar-refractivity contribution is 0.334. The smallest absolute Gasteiger partial charge is 0.124 e. The predicted octanol–water partition coefficient (Wildman–Crippen LogP) is 7.00. The Morgan fingerprint density at radius 1 is 1.12 bits per heavy atom. The third-order valence-corrected chi connectivity index (χ3v) is 8.04. The van der Waals surface area contributed by atoms with E-state index >= 15 is 0 Å². The van der Waals surface area contributed by atoms with Gasteiger partial charge in [-0.05, 0) is 113 Å². The topological polar surface area (TPSA) is 60.6 Å². The van der Waals surface area contributed by atoms with E-state index in [1.165, 1.54) is 25.9 Å². The monoisotopic (exact) mass is 561 g/mol. The Hall–Kier alpha value is -4.29. The zero-order valence-electron chi connectivity index (χ0n) is 24.9. The van der Waals surface area contributed by atoms with Crippen LogP contribution in [0.25, 0.3) is 45.6 Å². The van der Waals surface area contributed by atoms with Crippen molar-refractivity contribution in [2.24, 2.45) is 0 Å². The lowest BCUT2D eigenvalue weighted by Crippen LogP contribution is -2.23. The van der Waals surface area contributed by atoms with Gasteiger partial charge < -0.3 is 9.88 Å². The van der Waals surface area contributed by atoms with Crippen molar-refractivity contribution in [2.75, 3.05) is 19.6 Å². The Morgan fingerprint density at radius 3 is 2.67 bits per heavy atom. The molecule has 0 spiro atoms. The first-order chi connectivity index (χ1) is 20.4. The number of aromatic amines is 2. The number of halogens is 1. The normalized spacial score (nSPS) is 15.7. The fraction of sp³-hybridized carbons (Fsp3) is 0.278. The molecule has 0 aliphatic carbocycles. The van der Waals surface area contributed by atoms with E-state index in [9.17, 15) is 4.39 Å². The van der Waals surface area contributed by atoms with Crippen LogP contribution in [0.1, 0.15) is 45.6 Å². The Kier molecular flexibility index (Phi) is 9.13.